The number of carbonyl (C=O) groups is 2. The van der Waals surface area contributed by atoms with Crippen LogP contribution in [0.15, 0.2) is 48.5 Å². The Kier molecular flexibility index (Phi) is 8.45. The van der Waals surface area contributed by atoms with Crippen LogP contribution in [-0.2, 0) is 27.5 Å². The number of amides is 2. The molecule has 3 rings (SSSR count). The lowest BCUT2D eigenvalue weighted by Crippen LogP contribution is -2.51. The maximum Gasteiger partial charge on any atom is 0.240 e. The first-order chi connectivity index (χ1) is 14.8. The molecule has 0 fully saturated rings. The standard InChI is InChI=1S/C22H28N6O3.CH4/c1-15(29)24-12-17-10-7-11-19-26-27-20(28(17)19)18(25-21(30)22(2,3)23)14-31-13-16-8-5-4-6-9-16;/h4-11,18H,12-14,23H2,1-3H3,(H,24,29)(H,25,30);1H4/t18-;/m1./s1. The number of aromatic nitrogens is 3. The van der Waals surface area contributed by atoms with E-state index in [1.165, 1.54) is 6.92 Å². The maximum atomic E-state index is 12.6. The van der Waals surface area contributed by atoms with Gasteiger partial charge in [0.05, 0.1) is 25.3 Å². The lowest BCUT2D eigenvalue weighted by atomic mass is 10.1. The van der Waals surface area contributed by atoms with Crippen LogP contribution in [0.2, 0.25) is 0 Å². The molecule has 0 saturated carbocycles. The Morgan fingerprint density at radius 1 is 1.12 bits per heavy atom. The Hall–Kier alpha value is -3.30. The van der Waals surface area contributed by atoms with Crippen molar-refractivity contribution in [2.24, 2.45) is 5.73 Å². The molecule has 0 unspecified atom stereocenters. The second kappa shape index (κ2) is 10.8. The SMILES string of the molecule is C.CC(=O)NCc1cccc2nnc([C@@H](COCc3ccccc3)NC(=O)C(C)(C)N)n12. The fourth-order valence-electron chi connectivity index (χ4n) is 3.00. The zero-order valence-electron chi connectivity index (χ0n) is 18.0. The molecule has 2 heterocycles. The molecule has 9 heteroatoms. The lowest BCUT2D eigenvalue weighted by Gasteiger charge is -2.24. The maximum absolute atomic E-state index is 12.6. The first kappa shape index (κ1) is 25.0. The van der Waals surface area contributed by atoms with Gasteiger partial charge in [-0.3, -0.25) is 14.0 Å². The second-order valence-electron chi connectivity index (χ2n) is 7.93. The van der Waals surface area contributed by atoms with Crippen molar-refractivity contribution in [3.8, 4) is 0 Å². The molecule has 0 aliphatic carbocycles. The Balaban J connectivity index is 0.00000363. The zero-order valence-corrected chi connectivity index (χ0v) is 18.0. The van der Waals surface area contributed by atoms with Gasteiger partial charge in [-0.05, 0) is 31.5 Å². The summed E-state index contributed by atoms with van der Waals surface area (Å²) in [6.07, 6.45) is 0. The zero-order chi connectivity index (χ0) is 22.4. The third-order valence-electron chi connectivity index (χ3n) is 4.65. The van der Waals surface area contributed by atoms with E-state index >= 15 is 0 Å². The average molecular weight is 441 g/mol. The number of nitrogens with zero attached hydrogens (tertiary/aromatic N) is 3. The third-order valence-corrected chi connectivity index (χ3v) is 4.65. The summed E-state index contributed by atoms with van der Waals surface area (Å²) >= 11 is 0. The molecule has 0 radical (unpaired) electrons. The van der Waals surface area contributed by atoms with E-state index in [2.05, 4.69) is 20.8 Å². The van der Waals surface area contributed by atoms with Crippen LogP contribution < -0.4 is 16.4 Å². The van der Waals surface area contributed by atoms with Crippen molar-refractivity contribution in [1.29, 1.82) is 0 Å². The molecule has 0 aliphatic rings. The van der Waals surface area contributed by atoms with E-state index in [1.807, 2.05) is 52.9 Å². The van der Waals surface area contributed by atoms with Crippen LogP contribution in [0.5, 0.6) is 0 Å². The number of rotatable bonds is 9. The molecule has 0 bridgehead atoms. The number of nitrogens with one attached hydrogen (secondary N) is 2. The van der Waals surface area contributed by atoms with Crippen LogP contribution in [0.1, 0.15) is 51.3 Å². The molecule has 32 heavy (non-hydrogen) atoms. The summed E-state index contributed by atoms with van der Waals surface area (Å²) in [6, 6.07) is 14.7. The molecule has 172 valence electrons. The van der Waals surface area contributed by atoms with E-state index < -0.39 is 11.6 Å². The average Bonchev–Trinajstić information content (AvgIpc) is 3.16. The summed E-state index contributed by atoms with van der Waals surface area (Å²) in [5, 5.41) is 14.3. The van der Waals surface area contributed by atoms with Crippen LogP contribution in [-0.4, -0.2) is 38.6 Å². The molecule has 1 atom stereocenters. The molecule has 0 spiro atoms. The largest absolute Gasteiger partial charge is 0.374 e. The number of nitrogens with two attached hydrogens (primary N) is 1. The van der Waals surface area contributed by atoms with Crippen molar-refractivity contribution in [2.45, 2.75) is 52.9 Å². The van der Waals surface area contributed by atoms with Gasteiger partial charge in [-0.25, -0.2) is 0 Å². The number of fused-ring (bicyclic) bond motifs is 1. The summed E-state index contributed by atoms with van der Waals surface area (Å²) in [4.78, 5) is 24.0. The summed E-state index contributed by atoms with van der Waals surface area (Å²) < 4.78 is 7.72. The molecule has 2 aromatic heterocycles. The van der Waals surface area contributed by atoms with E-state index in [0.717, 1.165) is 11.3 Å². The molecular weight excluding hydrogens is 408 g/mol. The molecule has 0 aliphatic heterocycles. The smallest absolute Gasteiger partial charge is 0.240 e. The van der Waals surface area contributed by atoms with Crippen LogP contribution in [0.3, 0.4) is 0 Å². The van der Waals surface area contributed by atoms with E-state index in [0.29, 0.717) is 24.6 Å². The summed E-state index contributed by atoms with van der Waals surface area (Å²) in [5.74, 6) is 0.0195. The van der Waals surface area contributed by atoms with E-state index in [9.17, 15) is 9.59 Å². The van der Waals surface area contributed by atoms with Gasteiger partial charge >= 0.3 is 0 Å². The van der Waals surface area contributed by atoms with Gasteiger partial charge in [0.1, 0.15) is 6.04 Å². The van der Waals surface area contributed by atoms with Crippen LogP contribution >= 0.6 is 0 Å². The van der Waals surface area contributed by atoms with Crippen LogP contribution in [0.4, 0.5) is 0 Å². The number of hydrogen-bond acceptors (Lipinski definition) is 6. The molecule has 4 N–H and O–H groups in total. The minimum atomic E-state index is -1.07. The monoisotopic (exact) mass is 440 g/mol. The van der Waals surface area contributed by atoms with Gasteiger partial charge in [0.15, 0.2) is 11.5 Å². The van der Waals surface area contributed by atoms with Gasteiger partial charge in [-0.1, -0.05) is 43.8 Å². The fraction of sp³-hybridized carbons (Fsp3) is 0.391. The van der Waals surface area contributed by atoms with Crippen molar-refractivity contribution >= 4 is 17.5 Å². The second-order valence-corrected chi connectivity index (χ2v) is 7.93. The van der Waals surface area contributed by atoms with Gasteiger partial charge in [-0.15, -0.1) is 10.2 Å². The van der Waals surface area contributed by atoms with Gasteiger partial charge in [0, 0.05) is 12.6 Å². The van der Waals surface area contributed by atoms with Crippen molar-refractivity contribution < 1.29 is 14.3 Å². The van der Waals surface area contributed by atoms with Crippen LogP contribution in [0, 0.1) is 0 Å². The van der Waals surface area contributed by atoms with Crippen molar-refractivity contribution in [3.63, 3.8) is 0 Å². The van der Waals surface area contributed by atoms with Gasteiger partial charge < -0.3 is 21.1 Å². The van der Waals surface area contributed by atoms with Gasteiger partial charge in [0.25, 0.3) is 0 Å². The predicted octanol–water partition coefficient (Wildman–Crippen LogP) is 2.11. The first-order valence-electron chi connectivity index (χ1n) is 10.0. The normalized spacial score (nSPS) is 12.1. The Labute approximate surface area is 188 Å². The Bertz CT molecular complexity index is 1040. The first-order valence-corrected chi connectivity index (χ1v) is 10.0. The highest BCUT2D eigenvalue weighted by Crippen LogP contribution is 2.18. The minimum absolute atomic E-state index is 0. The summed E-state index contributed by atoms with van der Waals surface area (Å²) in [7, 11) is 0. The fourth-order valence-corrected chi connectivity index (χ4v) is 3.00. The predicted molar refractivity (Wildman–Crippen MR) is 122 cm³/mol. The quantitative estimate of drug-likeness (QED) is 0.468. The van der Waals surface area contributed by atoms with Crippen LogP contribution in [0.25, 0.3) is 5.65 Å². The number of carbonyl (C=O) groups excluding carboxylic acids is 2. The van der Waals surface area contributed by atoms with Crippen molar-refractivity contribution in [2.75, 3.05) is 6.61 Å². The topological polar surface area (TPSA) is 124 Å². The highest BCUT2D eigenvalue weighted by Gasteiger charge is 2.28. The van der Waals surface area contributed by atoms with E-state index in [-0.39, 0.29) is 25.8 Å². The molecule has 2 amide bonds. The molecule has 1 aromatic carbocycles. The third kappa shape index (κ3) is 6.35. The number of ether oxygens (including phenoxy) is 1. The number of pyridine rings is 1. The van der Waals surface area contributed by atoms with Crippen molar-refractivity contribution in [3.05, 3.63) is 65.6 Å². The van der Waals surface area contributed by atoms with Gasteiger partial charge in [-0.2, -0.15) is 0 Å². The highest BCUT2D eigenvalue weighted by molar-refractivity contribution is 5.85. The number of benzene rings is 1. The van der Waals surface area contributed by atoms with Crippen molar-refractivity contribution in [1.82, 2.24) is 25.2 Å². The molecular formula is C23H32N6O3. The summed E-state index contributed by atoms with van der Waals surface area (Å²) in [5.41, 5.74) is 7.31. The van der Waals surface area contributed by atoms with E-state index in [4.69, 9.17) is 10.5 Å². The molecule has 9 nitrogen and oxygen atoms in total. The number of hydrogen-bond donors (Lipinski definition) is 3. The molecule has 3 aromatic rings. The van der Waals surface area contributed by atoms with Gasteiger partial charge in [0.2, 0.25) is 11.8 Å². The molecule has 0 saturated heterocycles. The Morgan fingerprint density at radius 2 is 1.84 bits per heavy atom. The Morgan fingerprint density at radius 3 is 2.50 bits per heavy atom. The minimum Gasteiger partial charge on any atom is -0.374 e. The summed E-state index contributed by atoms with van der Waals surface area (Å²) in [6.45, 7) is 5.58. The lowest BCUT2D eigenvalue weighted by molar-refractivity contribution is -0.126. The van der Waals surface area contributed by atoms with E-state index in [1.54, 1.807) is 13.8 Å². The highest BCUT2D eigenvalue weighted by atomic mass is 16.5.